The van der Waals surface area contributed by atoms with Gasteiger partial charge in [0.1, 0.15) is 0 Å². The summed E-state index contributed by atoms with van der Waals surface area (Å²) in [5.74, 6) is 0.759. The van der Waals surface area contributed by atoms with Crippen molar-refractivity contribution in [3.8, 4) is 0 Å². The first kappa shape index (κ1) is 10.6. The zero-order valence-electron chi connectivity index (χ0n) is 8.44. The van der Waals surface area contributed by atoms with E-state index in [0.29, 0.717) is 0 Å². The normalized spacial score (nSPS) is 10.4. The summed E-state index contributed by atoms with van der Waals surface area (Å²) < 4.78 is 0. The van der Waals surface area contributed by atoms with Gasteiger partial charge in [0.15, 0.2) is 0 Å². The summed E-state index contributed by atoms with van der Waals surface area (Å²) in [6, 6.07) is 6.80. The van der Waals surface area contributed by atoms with Crippen LogP contribution in [0.1, 0.15) is 30.0 Å². The minimum atomic E-state index is 0.759. The number of alkyl halides is 1. The first-order valence-electron chi connectivity index (χ1n) is 4.91. The number of hydrogen-bond donors (Lipinski definition) is 0. The van der Waals surface area contributed by atoms with E-state index in [2.05, 4.69) is 32.0 Å². The van der Waals surface area contributed by atoms with Crippen LogP contribution in [0.15, 0.2) is 18.2 Å². The average Bonchev–Trinajstić information content (AvgIpc) is 2.14. The van der Waals surface area contributed by atoms with E-state index in [1.807, 2.05) is 0 Å². The van der Waals surface area contributed by atoms with Crippen LogP contribution in [-0.4, -0.2) is 5.88 Å². The second kappa shape index (κ2) is 5.29. The lowest BCUT2D eigenvalue weighted by atomic mass is 10.0. The van der Waals surface area contributed by atoms with Crippen molar-refractivity contribution < 1.29 is 0 Å². The molecule has 0 aliphatic heterocycles. The van der Waals surface area contributed by atoms with Crippen LogP contribution in [0.2, 0.25) is 0 Å². The van der Waals surface area contributed by atoms with E-state index in [4.69, 9.17) is 11.6 Å². The summed E-state index contributed by atoms with van der Waals surface area (Å²) in [5, 5.41) is 0. The van der Waals surface area contributed by atoms with E-state index >= 15 is 0 Å². The van der Waals surface area contributed by atoms with Crippen molar-refractivity contribution in [3.63, 3.8) is 0 Å². The SMILES string of the molecule is CCc1cc(C)cc(CCCCl)c1. The van der Waals surface area contributed by atoms with Gasteiger partial charge < -0.3 is 0 Å². The third-order valence-corrected chi connectivity index (χ3v) is 2.47. The standard InChI is InChI=1S/C12H17Cl/c1-3-11-7-10(2)8-12(9-11)5-4-6-13/h7-9H,3-6H2,1-2H3. The van der Waals surface area contributed by atoms with E-state index in [0.717, 1.165) is 25.1 Å². The molecule has 0 spiro atoms. The summed E-state index contributed by atoms with van der Waals surface area (Å²) in [6.07, 6.45) is 3.31. The third-order valence-electron chi connectivity index (χ3n) is 2.20. The van der Waals surface area contributed by atoms with Crippen LogP contribution in [0, 0.1) is 6.92 Å². The first-order valence-corrected chi connectivity index (χ1v) is 5.45. The van der Waals surface area contributed by atoms with Crippen LogP contribution in [-0.2, 0) is 12.8 Å². The third kappa shape index (κ3) is 3.40. The van der Waals surface area contributed by atoms with Gasteiger partial charge in [0.2, 0.25) is 0 Å². The van der Waals surface area contributed by atoms with E-state index in [9.17, 15) is 0 Å². The van der Waals surface area contributed by atoms with Gasteiger partial charge in [-0.3, -0.25) is 0 Å². The van der Waals surface area contributed by atoms with E-state index in [1.54, 1.807) is 0 Å². The van der Waals surface area contributed by atoms with Crippen LogP contribution in [0.25, 0.3) is 0 Å². The lowest BCUT2D eigenvalue weighted by molar-refractivity contribution is 0.921. The Balaban J connectivity index is 2.76. The fourth-order valence-corrected chi connectivity index (χ4v) is 1.70. The fourth-order valence-electron chi connectivity index (χ4n) is 1.57. The van der Waals surface area contributed by atoms with Gasteiger partial charge in [-0.2, -0.15) is 0 Å². The Morgan fingerprint density at radius 3 is 2.46 bits per heavy atom. The molecule has 1 heteroatoms. The zero-order valence-corrected chi connectivity index (χ0v) is 9.19. The van der Waals surface area contributed by atoms with Crippen molar-refractivity contribution in [1.82, 2.24) is 0 Å². The highest BCUT2D eigenvalue weighted by Gasteiger charge is 1.97. The molecular weight excluding hydrogens is 180 g/mol. The molecule has 0 nitrogen and oxygen atoms in total. The van der Waals surface area contributed by atoms with Gasteiger partial charge in [-0.05, 0) is 37.3 Å². The number of halogens is 1. The predicted molar refractivity (Wildman–Crippen MR) is 59.6 cm³/mol. The molecule has 72 valence electrons. The molecule has 0 atom stereocenters. The molecule has 0 bridgehead atoms. The van der Waals surface area contributed by atoms with E-state index in [1.165, 1.54) is 16.7 Å². The fraction of sp³-hybridized carbons (Fsp3) is 0.500. The maximum Gasteiger partial charge on any atom is 0.0226 e. The monoisotopic (exact) mass is 196 g/mol. The summed E-state index contributed by atoms with van der Waals surface area (Å²) >= 11 is 5.66. The molecule has 0 saturated heterocycles. The number of benzene rings is 1. The highest BCUT2D eigenvalue weighted by atomic mass is 35.5. The van der Waals surface area contributed by atoms with Gasteiger partial charge >= 0.3 is 0 Å². The Kier molecular flexibility index (Phi) is 4.31. The molecule has 0 heterocycles. The first-order chi connectivity index (χ1) is 6.26. The van der Waals surface area contributed by atoms with E-state index < -0.39 is 0 Å². The molecule has 0 fully saturated rings. The Bertz CT molecular complexity index is 266. The van der Waals surface area contributed by atoms with Crippen molar-refractivity contribution in [2.45, 2.75) is 33.1 Å². The molecule has 0 amide bonds. The Hall–Kier alpha value is -0.490. The number of hydrogen-bond acceptors (Lipinski definition) is 0. The van der Waals surface area contributed by atoms with Crippen LogP contribution in [0.4, 0.5) is 0 Å². The molecular formula is C12H17Cl. The Labute approximate surface area is 85.9 Å². The van der Waals surface area contributed by atoms with Crippen LogP contribution in [0.3, 0.4) is 0 Å². The smallest absolute Gasteiger partial charge is 0.0226 e. The molecule has 13 heavy (non-hydrogen) atoms. The van der Waals surface area contributed by atoms with Crippen molar-refractivity contribution >= 4 is 11.6 Å². The molecule has 0 radical (unpaired) electrons. The summed E-state index contributed by atoms with van der Waals surface area (Å²) in [4.78, 5) is 0. The van der Waals surface area contributed by atoms with Gasteiger partial charge in [-0.25, -0.2) is 0 Å². The summed E-state index contributed by atoms with van der Waals surface area (Å²) in [6.45, 7) is 4.35. The van der Waals surface area contributed by atoms with Crippen molar-refractivity contribution in [2.75, 3.05) is 5.88 Å². The lowest BCUT2D eigenvalue weighted by Gasteiger charge is -2.05. The maximum atomic E-state index is 5.66. The van der Waals surface area contributed by atoms with Crippen molar-refractivity contribution in [1.29, 1.82) is 0 Å². The topological polar surface area (TPSA) is 0 Å². The molecule has 0 unspecified atom stereocenters. The van der Waals surface area contributed by atoms with Gasteiger partial charge in [-0.15, -0.1) is 11.6 Å². The molecule has 0 aliphatic carbocycles. The molecule has 0 N–H and O–H groups in total. The lowest BCUT2D eigenvalue weighted by Crippen LogP contribution is -1.90. The molecule has 0 saturated carbocycles. The van der Waals surface area contributed by atoms with Gasteiger partial charge in [-0.1, -0.05) is 30.7 Å². The average molecular weight is 197 g/mol. The Morgan fingerprint density at radius 2 is 1.85 bits per heavy atom. The van der Waals surface area contributed by atoms with Gasteiger partial charge in [0, 0.05) is 5.88 Å². The minimum absolute atomic E-state index is 0.759. The summed E-state index contributed by atoms with van der Waals surface area (Å²) in [5.41, 5.74) is 4.23. The quantitative estimate of drug-likeness (QED) is 0.644. The number of rotatable bonds is 4. The van der Waals surface area contributed by atoms with Crippen LogP contribution < -0.4 is 0 Å². The largest absolute Gasteiger partial charge is 0.127 e. The highest BCUT2D eigenvalue weighted by Crippen LogP contribution is 2.12. The van der Waals surface area contributed by atoms with Gasteiger partial charge in [0.25, 0.3) is 0 Å². The van der Waals surface area contributed by atoms with E-state index in [-0.39, 0.29) is 0 Å². The molecule has 0 aromatic heterocycles. The minimum Gasteiger partial charge on any atom is -0.127 e. The molecule has 1 aromatic carbocycles. The van der Waals surface area contributed by atoms with Crippen LogP contribution in [0.5, 0.6) is 0 Å². The van der Waals surface area contributed by atoms with Crippen molar-refractivity contribution in [3.05, 3.63) is 34.9 Å². The van der Waals surface area contributed by atoms with Gasteiger partial charge in [0.05, 0.1) is 0 Å². The number of aryl methyl sites for hydroxylation is 3. The molecule has 1 aromatic rings. The second-order valence-electron chi connectivity index (χ2n) is 3.47. The predicted octanol–water partition coefficient (Wildman–Crippen LogP) is 3.73. The molecule has 0 aliphatic rings. The zero-order chi connectivity index (χ0) is 9.68. The summed E-state index contributed by atoms with van der Waals surface area (Å²) in [7, 11) is 0. The second-order valence-corrected chi connectivity index (χ2v) is 3.85. The van der Waals surface area contributed by atoms with Crippen LogP contribution >= 0.6 is 11.6 Å². The highest BCUT2D eigenvalue weighted by molar-refractivity contribution is 6.17. The Morgan fingerprint density at radius 1 is 1.15 bits per heavy atom. The maximum absolute atomic E-state index is 5.66. The molecule has 1 rings (SSSR count). The van der Waals surface area contributed by atoms with Crippen molar-refractivity contribution in [2.24, 2.45) is 0 Å².